The average Bonchev–Trinajstić information content (AvgIpc) is 2.93. The second-order valence-electron chi connectivity index (χ2n) is 6.99. The van der Waals surface area contributed by atoms with E-state index in [9.17, 15) is 8.96 Å². The summed E-state index contributed by atoms with van der Waals surface area (Å²) < 4.78 is 36.6. The smallest absolute Gasteiger partial charge is 0.352 e. The van der Waals surface area contributed by atoms with E-state index in [1.165, 1.54) is 13.2 Å². The van der Waals surface area contributed by atoms with Crippen LogP contribution in [0.25, 0.3) is 16.7 Å². The Hall–Kier alpha value is -2.45. The van der Waals surface area contributed by atoms with E-state index in [4.69, 9.17) is 14.5 Å². The molecule has 8 nitrogen and oxygen atoms in total. The number of hydrogen-bond donors (Lipinski definition) is 1. The van der Waals surface area contributed by atoms with Crippen molar-refractivity contribution in [1.82, 2.24) is 9.55 Å². The Balaban J connectivity index is 1.52. The molecule has 29 heavy (non-hydrogen) atoms. The lowest BCUT2D eigenvalue weighted by atomic mass is 10.1. The fourth-order valence-corrected chi connectivity index (χ4v) is 3.63. The van der Waals surface area contributed by atoms with E-state index in [0.29, 0.717) is 18.6 Å². The molecule has 1 aromatic heterocycles. The van der Waals surface area contributed by atoms with Gasteiger partial charge < -0.3 is 14.5 Å². The van der Waals surface area contributed by atoms with Crippen molar-refractivity contribution in [3.63, 3.8) is 0 Å². The van der Waals surface area contributed by atoms with Gasteiger partial charge in [-0.3, -0.25) is 9.13 Å². The fourth-order valence-electron chi connectivity index (χ4n) is 3.34. The molecule has 3 aromatic rings. The van der Waals surface area contributed by atoms with Crippen molar-refractivity contribution in [1.29, 1.82) is 0 Å². The van der Waals surface area contributed by atoms with Gasteiger partial charge in [0.15, 0.2) is 11.6 Å². The van der Waals surface area contributed by atoms with Crippen LogP contribution >= 0.6 is 7.60 Å². The van der Waals surface area contributed by atoms with E-state index in [0.717, 1.165) is 29.4 Å². The van der Waals surface area contributed by atoms with Crippen molar-refractivity contribution in [3.05, 3.63) is 48.0 Å². The highest BCUT2D eigenvalue weighted by molar-refractivity contribution is 7.51. The van der Waals surface area contributed by atoms with Crippen LogP contribution in [0.4, 0.5) is 10.1 Å². The molecule has 0 amide bonds. The van der Waals surface area contributed by atoms with Crippen molar-refractivity contribution in [3.8, 4) is 11.4 Å². The minimum absolute atomic E-state index is 0.170. The number of methoxy groups -OCH3 is 1. The van der Waals surface area contributed by atoms with Crippen molar-refractivity contribution in [2.24, 2.45) is 0 Å². The van der Waals surface area contributed by atoms with E-state index in [1.54, 1.807) is 6.07 Å². The highest BCUT2D eigenvalue weighted by Gasteiger charge is 2.30. The van der Waals surface area contributed by atoms with E-state index < -0.39 is 13.4 Å². The molecular weight excluding hydrogens is 400 g/mol. The zero-order chi connectivity index (χ0) is 20.8. The third kappa shape index (κ3) is 4.00. The Labute approximate surface area is 166 Å². The summed E-state index contributed by atoms with van der Waals surface area (Å²) in [4.78, 5) is 20.6. The van der Waals surface area contributed by atoms with Gasteiger partial charge in [0.2, 0.25) is 0 Å². The molecule has 4 rings (SSSR count). The van der Waals surface area contributed by atoms with Crippen LogP contribution in [0.5, 0.6) is 5.75 Å². The Morgan fingerprint density at radius 1 is 1.21 bits per heavy atom. The number of rotatable bonds is 6. The molecule has 2 heterocycles. The molecule has 2 aromatic carbocycles. The number of anilines is 1. The first kappa shape index (κ1) is 19.8. The maximum atomic E-state index is 14.0. The number of benzene rings is 2. The van der Waals surface area contributed by atoms with Crippen LogP contribution in [0.3, 0.4) is 0 Å². The van der Waals surface area contributed by atoms with Crippen LogP contribution in [0, 0.1) is 12.7 Å². The molecule has 0 radical (unpaired) electrons. The molecule has 1 aliphatic heterocycles. The molecule has 1 N–H and O–H groups in total. The summed E-state index contributed by atoms with van der Waals surface area (Å²) in [7, 11) is -2.21. The van der Waals surface area contributed by atoms with Crippen molar-refractivity contribution in [2.75, 3.05) is 31.8 Å². The number of halogens is 1. The summed E-state index contributed by atoms with van der Waals surface area (Å²) in [6.07, 6.45) is -0.253. The van der Waals surface area contributed by atoms with Gasteiger partial charge in [-0.05, 0) is 31.2 Å². The predicted molar refractivity (Wildman–Crippen MR) is 106 cm³/mol. The lowest BCUT2D eigenvalue weighted by Crippen LogP contribution is -2.52. The SMILES string of the molecule is COc1cc2c(cc1F)nc(C)n2-c1ccc(N2CC(OOP(C)(=O)O)C2)cc1. The largest absolute Gasteiger partial charge is 0.494 e. The summed E-state index contributed by atoms with van der Waals surface area (Å²) in [5.74, 6) is 0.464. The Morgan fingerprint density at radius 2 is 1.86 bits per heavy atom. The Bertz CT molecular complexity index is 1090. The number of aryl methyl sites for hydroxylation is 1. The normalized spacial score (nSPS) is 16.7. The summed E-state index contributed by atoms with van der Waals surface area (Å²) in [6.45, 7) is 4.06. The third-order valence-electron chi connectivity index (χ3n) is 4.73. The minimum Gasteiger partial charge on any atom is -0.494 e. The topological polar surface area (TPSA) is 86.0 Å². The van der Waals surface area contributed by atoms with E-state index in [2.05, 4.69) is 14.6 Å². The summed E-state index contributed by atoms with van der Waals surface area (Å²) >= 11 is 0. The van der Waals surface area contributed by atoms with Crippen LogP contribution in [-0.2, 0) is 14.1 Å². The van der Waals surface area contributed by atoms with Gasteiger partial charge >= 0.3 is 7.60 Å². The number of fused-ring (bicyclic) bond motifs is 1. The van der Waals surface area contributed by atoms with Gasteiger partial charge in [0.1, 0.15) is 11.9 Å². The minimum atomic E-state index is -3.64. The van der Waals surface area contributed by atoms with Gasteiger partial charge in [0.05, 0.1) is 18.1 Å². The number of aromatic nitrogens is 2. The van der Waals surface area contributed by atoms with Gasteiger partial charge in [0.25, 0.3) is 0 Å². The molecule has 0 aliphatic carbocycles. The van der Waals surface area contributed by atoms with Crippen molar-refractivity contribution < 1.29 is 28.1 Å². The van der Waals surface area contributed by atoms with Crippen molar-refractivity contribution in [2.45, 2.75) is 13.0 Å². The first-order chi connectivity index (χ1) is 13.7. The first-order valence-corrected chi connectivity index (χ1v) is 11.0. The molecule has 10 heteroatoms. The standard InChI is InChI=1S/C19H21FN3O5P/c1-12-21-17-8-16(20)19(26-2)9-18(17)23(12)14-6-4-13(5-7-14)22-10-15(11-22)27-28-29(3,24)25/h4-9,15H,10-11H2,1-3H3,(H,24,25). The summed E-state index contributed by atoms with van der Waals surface area (Å²) in [5.41, 5.74) is 3.20. The maximum Gasteiger partial charge on any atom is 0.352 e. The molecule has 0 saturated carbocycles. The van der Waals surface area contributed by atoms with Crippen LogP contribution in [0.15, 0.2) is 36.4 Å². The zero-order valence-electron chi connectivity index (χ0n) is 16.2. The van der Waals surface area contributed by atoms with Crippen LogP contribution in [0.2, 0.25) is 0 Å². The first-order valence-electron chi connectivity index (χ1n) is 8.98. The molecular formula is C19H21FN3O5P. The highest BCUT2D eigenvalue weighted by atomic mass is 31.2. The molecule has 1 saturated heterocycles. The van der Waals surface area contributed by atoms with Gasteiger partial charge in [-0.15, -0.1) is 4.67 Å². The molecule has 1 fully saturated rings. The number of ether oxygens (including phenoxy) is 1. The predicted octanol–water partition coefficient (Wildman–Crippen LogP) is 3.43. The summed E-state index contributed by atoms with van der Waals surface area (Å²) in [5, 5.41) is 0. The molecule has 1 unspecified atom stereocenters. The Kier molecular flexibility index (Phi) is 5.08. The number of hydrogen-bond acceptors (Lipinski definition) is 6. The van der Waals surface area contributed by atoms with E-state index in [1.807, 2.05) is 35.8 Å². The third-order valence-corrected chi connectivity index (χ3v) is 5.10. The maximum absolute atomic E-state index is 14.0. The fraction of sp³-hybridized carbons (Fsp3) is 0.316. The number of imidazole rings is 1. The number of nitrogens with zero attached hydrogens (tertiary/aromatic N) is 3. The Morgan fingerprint density at radius 3 is 2.48 bits per heavy atom. The van der Waals surface area contributed by atoms with E-state index >= 15 is 0 Å². The van der Waals surface area contributed by atoms with Gasteiger partial charge in [0, 0.05) is 43.3 Å². The molecule has 0 spiro atoms. The van der Waals surface area contributed by atoms with Gasteiger partial charge in [-0.1, -0.05) is 0 Å². The van der Waals surface area contributed by atoms with Crippen LogP contribution < -0.4 is 9.64 Å². The summed E-state index contributed by atoms with van der Waals surface area (Å²) in [6, 6.07) is 10.9. The van der Waals surface area contributed by atoms with Crippen molar-refractivity contribution >= 4 is 24.3 Å². The molecule has 1 atom stereocenters. The molecule has 154 valence electrons. The molecule has 0 bridgehead atoms. The quantitative estimate of drug-likeness (QED) is 0.371. The highest BCUT2D eigenvalue weighted by Crippen LogP contribution is 2.38. The van der Waals surface area contributed by atoms with Gasteiger partial charge in [-0.25, -0.2) is 14.3 Å². The lowest BCUT2D eigenvalue weighted by molar-refractivity contribution is -0.254. The van der Waals surface area contributed by atoms with E-state index in [-0.39, 0.29) is 11.9 Å². The second kappa shape index (κ2) is 7.42. The average molecular weight is 421 g/mol. The van der Waals surface area contributed by atoms with Crippen LogP contribution in [0.1, 0.15) is 5.82 Å². The second-order valence-corrected chi connectivity index (χ2v) is 8.74. The zero-order valence-corrected chi connectivity index (χ0v) is 17.1. The van der Waals surface area contributed by atoms with Gasteiger partial charge in [-0.2, -0.15) is 0 Å². The monoisotopic (exact) mass is 421 g/mol. The van der Waals surface area contributed by atoms with Crippen LogP contribution in [-0.4, -0.2) is 47.4 Å². The molecule has 1 aliphatic rings. The lowest BCUT2D eigenvalue weighted by Gasteiger charge is -2.39.